The molecule has 0 fully saturated rings. The fourth-order valence-electron chi connectivity index (χ4n) is 1.97. The highest BCUT2D eigenvalue weighted by atomic mass is 35.5. The van der Waals surface area contributed by atoms with Crippen LogP contribution in [-0.2, 0) is 6.54 Å². The minimum atomic E-state index is 0.541. The van der Waals surface area contributed by atoms with Gasteiger partial charge in [0, 0.05) is 20.7 Å². The molecule has 0 atom stereocenters. The molecule has 0 unspecified atom stereocenters. The number of benzene rings is 2. The zero-order valence-electron chi connectivity index (χ0n) is 10.3. The van der Waals surface area contributed by atoms with Crippen LogP contribution in [0.3, 0.4) is 0 Å². The molecule has 0 amide bonds. The standard InChI is InChI=1S/C15H10Cl3NS/c16-11-6-5-9(7-12(11)17)19-8-14-15(18)10-3-1-2-4-13(10)20-14/h1-7,19H,8H2. The molecule has 0 bridgehead atoms. The van der Waals surface area contributed by atoms with Gasteiger partial charge in [0.25, 0.3) is 0 Å². The largest absolute Gasteiger partial charge is 0.380 e. The van der Waals surface area contributed by atoms with E-state index in [0.29, 0.717) is 16.6 Å². The van der Waals surface area contributed by atoms with Crippen LogP contribution >= 0.6 is 46.1 Å². The molecule has 3 aromatic rings. The molecule has 5 heteroatoms. The van der Waals surface area contributed by atoms with Gasteiger partial charge in [-0.25, -0.2) is 0 Å². The summed E-state index contributed by atoms with van der Waals surface area (Å²) in [4.78, 5) is 1.11. The summed E-state index contributed by atoms with van der Waals surface area (Å²) in [5.74, 6) is 0. The lowest BCUT2D eigenvalue weighted by atomic mass is 10.2. The molecule has 0 spiro atoms. The minimum Gasteiger partial charge on any atom is -0.380 e. The Kier molecular flexibility index (Phi) is 4.08. The maximum atomic E-state index is 6.40. The lowest BCUT2D eigenvalue weighted by Gasteiger charge is -2.06. The lowest BCUT2D eigenvalue weighted by molar-refractivity contribution is 1.19. The van der Waals surface area contributed by atoms with Gasteiger partial charge in [0.2, 0.25) is 0 Å². The van der Waals surface area contributed by atoms with Gasteiger partial charge in [0.15, 0.2) is 0 Å². The third kappa shape index (κ3) is 2.75. The molecular weight excluding hydrogens is 333 g/mol. The van der Waals surface area contributed by atoms with Gasteiger partial charge in [-0.1, -0.05) is 53.0 Å². The molecule has 0 saturated carbocycles. The summed E-state index contributed by atoms with van der Waals surface area (Å²) in [7, 11) is 0. The highest BCUT2D eigenvalue weighted by molar-refractivity contribution is 7.19. The highest BCUT2D eigenvalue weighted by Gasteiger charge is 2.09. The third-order valence-corrected chi connectivity index (χ3v) is 5.43. The number of rotatable bonds is 3. The fraction of sp³-hybridized carbons (Fsp3) is 0.0667. The van der Waals surface area contributed by atoms with E-state index in [9.17, 15) is 0 Å². The molecule has 0 saturated heterocycles. The van der Waals surface area contributed by atoms with Crippen molar-refractivity contribution < 1.29 is 0 Å². The smallest absolute Gasteiger partial charge is 0.0642 e. The topological polar surface area (TPSA) is 12.0 Å². The van der Waals surface area contributed by atoms with Crippen LogP contribution in [0.25, 0.3) is 10.1 Å². The van der Waals surface area contributed by atoms with Crippen molar-refractivity contribution in [3.8, 4) is 0 Å². The van der Waals surface area contributed by atoms with E-state index in [1.54, 1.807) is 17.4 Å². The maximum Gasteiger partial charge on any atom is 0.0642 e. The Morgan fingerprint density at radius 2 is 1.75 bits per heavy atom. The Hall–Kier alpha value is -0.930. The quantitative estimate of drug-likeness (QED) is 0.575. The van der Waals surface area contributed by atoms with Crippen molar-refractivity contribution in [1.29, 1.82) is 0 Å². The van der Waals surface area contributed by atoms with Crippen LogP contribution in [0.15, 0.2) is 42.5 Å². The lowest BCUT2D eigenvalue weighted by Crippen LogP contribution is -1.97. The van der Waals surface area contributed by atoms with E-state index < -0.39 is 0 Å². The second kappa shape index (κ2) is 5.82. The van der Waals surface area contributed by atoms with Crippen molar-refractivity contribution in [2.24, 2.45) is 0 Å². The molecule has 102 valence electrons. The molecule has 0 radical (unpaired) electrons. The van der Waals surface area contributed by atoms with Crippen molar-refractivity contribution >= 4 is 61.9 Å². The summed E-state index contributed by atoms with van der Waals surface area (Å²) < 4.78 is 1.20. The van der Waals surface area contributed by atoms with Crippen LogP contribution in [0.1, 0.15) is 4.88 Å². The average Bonchev–Trinajstić information content (AvgIpc) is 2.77. The molecule has 1 N–H and O–H groups in total. The minimum absolute atomic E-state index is 0.541. The molecule has 1 aromatic heterocycles. The van der Waals surface area contributed by atoms with E-state index in [0.717, 1.165) is 21.0 Å². The predicted molar refractivity (Wildman–Crippen MR) is 90.6 cm³/mol. The second-order valence-corrected chi connectivity index (χ2v) is 6.65. The fourth-order valence-corrected chi connectivity index (χ4v) is 3.70. The molecule has 2 aromatic carbocycles. The Morgan fingerprint density at radius 1 is 0.950 bits per heavy atom. The summed E-state index contributed by atoms with van der Waals surface area (Å²) in [6.07, 6.45) is 0. The molecule has 0 aliphatic rings. The maximum absolute atomic E-state index is 6.40. The first-order valence-electron chi connectivity index (χ1n) is 6.00. The van der Waals surface area contributed by atoms with Crippen molar-refractivity contribution in [1.82, 2.24) is 0 Å². The summed E-state index contributed by atoms with van der Waals surface area (Å²) in [5, 5.41) is 6.33. The number of halogens is 3. The van der Waals surface area contributed by atoms with E-state index in [4.69, 9.17) is 34.8 Å². The van der Waals surface area contributed by atoms with Crippen molar-refractivity contribution in [3.63, 3.8) is 0 Å². The van der Waals surface area contributed by atoms with Gasteiger partial charge in [0.1, 0.15) is 0 Å². The zero-order chi connectivity index (χ0) is 14.1. The normalized spacial score (nSPS) is 10.9. The third-order valence-electron chi connectivity index (χ3n) is 2.97. The summed E-state index contributed by atoms with van der Waals surface area (Å²) >= 11 is 20.0. The van der Waals surface area contributed by atoms with E-state index in [2.05, 4.69) is 11.4 Å². The Morgan fingerprint density at radius 3 is 2.50 bits per heavy atom. The van der Waals surface area contributed by atoms with Gasteiger partial charge in [-0.05, 0) is 24.3 Å². The zero-order valence-corrected chi connectivity index (χ0v) is 13.4. The van der Waals surface area contributed by atoms with E-state index in [-0.39, 0.29) is 0 Å². The second-order valence-electron chi connectivity index (χ2n) is 4.32. The van der Waals surface area contributed by atoms with E-state index in [1.165, 1.54) is 4.70 Å². The van der Waals surface area contributed by atoms with Crippen LogP contribution in [0.5, 0.6) is 0 Å². The number of hydrogen-bond donors (Lipinski definition) is 1. The van der Waals surface area contributed by atoms with Gasteiger partial charge in [-0.15, -0.1) is 11.3 Å². The van der Waals surface area contributed by atoms with Gasteiger partial charge >= 0.3 is 0 Å². The van der Waals surface area contributed by atoms with Crippen molar-refractivity contribution in [3.05, 3.63) is 62.4 Å². The van der Waals surface area contributed by atoms with Gasteiger partial charge in [0.05, 0.1) is 21.6 Å². The number of anilines is 1. The number of hydrogen-bond acceptors (Lipinski definition) is 2. The Labute approximate surface area is 136 Å². The molecule has 1 heterocycles. The predicted octanol–water partition coefficient (Wildman–Crippen LogP) is 6.47. The van der Waals surface area contributed by atoms with Gasteiger partial charge < -0.3 is 5.32 Å². The Bertz CT molecular complexity index is 767. The van der Waals surface area contributed by atoms with Crippen molar-refractivity contribution in [2.45, 2.75) is 6.54 Å². The first kappa shape index (κ1) is 14.0. The monoisotopic (exact) mass is 341 g/mol. The summed E-state index contributed by atoms with van der Waals surface area (Å²) in [6, 6.07) is 13.6. The summed E-state index contributed by atoms with van der Waals surface area (Å²) in [5.41, 5.74) is 0.924. The summed E-state index contributed by atoms with van der Waals surface area (Å²) in [6.45, 7) is 0.663. The van der Waals surface area contributed by atoms with Crippen LogP contribution in [0.4, 0.5) is 5.69 Å². The molecule has 1 nitrogen and oxygen atoms in total. The molecular formula is C15H10Cl3NS. The van der Waals surface area contributed by atoms with Gasteiger partial charge in [-0.3, -0.25) is 0 Å². The first-order chi connectivity index (χ1) is 9.65. The van der Waals surface area contributed by atoms with Crippen LogP contribution in [-0.4, -0.2) is 0 Å². The van der Waals surface area contributed by atoms with E-state index in [1.807, 2.05) is 30.3 Å². The number of nitrogens with one attached hydrogen (secondary N) is 1. The van der Waals surface area contributed by atoms with Crippen molar-refractivity contribution in [2.75, 3.05) is 5.32 Å². The Balaban J connectivity index is 1.83. The molecule has 20 heavy (non-hydrogen) atoms. The van der Waals surface area contributed by atoms with Gasteiger partial charge in [-0.2, -0.15) is 0 Å². The van der Waals surface area contributed by atoms with Crippen LogP contribution in [0, 0.1) is 0 Å². The SMILES string of the molecule is Clc1ccc(NCc2sc3ccccc3c2Cl)cc1Cl. The molecule has 0 aliphatic carbocycles. The van der Waals surface area contributed by atoms with E-state index >= 15 is 0 Å². The molecule has 3 rings (SSSR count). The molecule has 0 aliphatic heterocycles. The first-order valence-corrected chi connectivity index (χ1v) is 7.95. The number of thiophene rings is 1. The highest BCUT2D eigenvalue weighted by Crippen LogP contribution is 2.35. The number of fused-ring (bicyclic) bond motifs is 1. The van der Waals surface area contributed by atoms with Crippen LogP contribution < -0.4 is 5.32 Å². The average molecular weight is 343 g/mol. The van der Waals surface area contributed by atoms with Crippen LogP contribution in [0.2, 0.25) is 15.1 Å².